The summed E-state index contributed by atoms with van der Waals surface area (Å²) in [4.78, 5) is 8.09. The van der Waals surface area contributed by atoms with Crippen LogP contribution in [-0.4, -0.2) is 22.8 Å². The highest BCUT2D eigenvalue weighted by Gasteiger charge is 2.18. The minimum atomic E-state index is -0.720. The van der Waals surface area contributed by atoms with Gasteiger partial charge in [-0.2, -0.15) is 9.97 Å². The SMILES string of the molecule is COc1ccc(Nc2nc(N)cc(N)n2)c(C(=N)Cc2c(F)ccc(P)c2F)c1. The van der Waals surface area contributed by atoms with Crippen LogP contribution in [0.4, 0.5) is 32.1 Å². The van der Waals surface area contributed by atoms with E-state index in [1.807, 2.05) is 0 Å². The predicted octanol–water partition coefficient (Wildman–Crippen LogP) is 2.78. The van der Waals surface area contributed by atoms with Crippen molar-refractivity contribution in [3.8, 4) is 5.75 Å². The lowest BCUT2D eigenvalue weighted by molar-refractivity contribution is 0.415. The van der Waals surface area contributed by atoms with Crippen LogP contribution in [-0.2, 0) is 6.42 Å². The molecule has 0 spiro atoms. The topological polar surface area (TPSA) is 123 Å². The molecule has 0 saturated heterocycles. The van der Waals surface area contributed by atoms with Gasteiger partial charge in [-0.15, -0.1) is 9.24 Å². The van der Waals surface area contributed by atoms with Crippen molar-refractivity contribution in [2.45, 2.75) is 6.42 Å². The largest absolute Gasteiger partial charge is 0.497 e. The third kappa shape index (κ3) is 4.57. The molecule has 10 heteroatoms. The van der Waals surface area contributed by atoms with Crippen molar-refractivity contribution < 1.29 is 13.5 Å². The quantitative estimate of drug-likeness (QED) is 0.362. The van der Waals surface area contributed by atoms with Gasteiger partial charge in [-0.05, 0) is 30.3 Å². The van der Waals surface area contributed by atoms with E-state index in [1.54, 1.807) is 18.2 Å². The Labute approximate surface area is 168 Å². The fourth-order valence-electron chi connectivity index (χ4n) is 2.72. The van der Waals surface area contributed by atoms with Crippen LogP contribution in [0.1, 0.15) is 11.1 Å². The Bertz CT molecular complexity index is 1070. The smallest absolute Gasteiger partial charge is 0.231 e. The Morgan fingerprint density at radius 2 is 1.83 bits per heavy atom. The highest BCUT2D eigenvalue weighted by atomic mass is 31.0. The van der Waals surface area contributed by atoms with E-state index in [2.05, 4.69) is 24.5 Å². The number of aromatic nitrogens is 2. The molecular formula is C19H19F2N6OP. The first-order chi connectivity index (χ1) is 13.8. The average Bonchev–Trinajstić information content (AvgIpc) is 2.67. The first-order valence-electron chi connectivity index (χ1n) is 8.43. The van der Waals surface area contributed by atoms with Crippen LogP contribution >= 0.6 is 9.24 Å². The molecule has 150 valence electrons. The van der Waals surface area contributed by atoms with Gasteiger partial charge in [-0.25, -0.2) is 8.78 Å². The van der Waals surface area contributed by atoms with E-state index in [9.17, 15) is 8.78 Å². The predicted molar refractivity (Wildman–Crippen MR) is 113 cm³/mol. The minimum absolute atomic E-state index is 0.0309. The molecule has 6 N–H and O–H groups in total. The molecule has 1 aromatic heterocycles. The van der Waals surface area contributed by atoms with Gasteiger partial charge < -0.3 is 26.9 Å². The van der Waals surface area contributed by atoms with Gasteiger partial charge in [-0.3, -0.25) is 0 Å². The number of hydrogen-bond acceptors (Lipinski definition) is 7. The number of benzene rings is 2. The third-order valence-electron chi connectivity index (χ3n) is 4.13. The number of nitrogens with zero attached hydrogens (tertiary/aromatic N) is 2. The van der Waals surface area contributed by atoms with E-state index in [0.29, 0.717) is 17.0 Å². The second-order valence-electron chi connectivity index (χ2n) is 6.16. The molecule has 0 fully saturated rings. The Morgan fingerprint density at radius 3 is 2.48 bits per heavy atom. The minimum Gasteiger partial charge on any atom is -0.497 e. The van der Waals surface area contributed by atoms with Gasteiger partial charge in [0.15, 0.2) is 0 Å². The molecule has 29 heavy (non-hydrogen) atoms. The number of halogens is 2. The Kier molecular flexibility index (Phi) is 5.89. The lowest BCUT2D eigenvalue weighted by atomic mass is 9.99. The number of nitrogens with one attached hydrogen (secondary N) is 2. The van der Waals surface area contributed by atoms with Crippen molar-refractivity contribution >= 4 is 43.5 Å². The zero-order valence-electron chi connectivity index (χ0n) is 15.5. The molecule has 0 aliphatic heterocycles. The normalized spacial score (nSPS) is 10.6. The highest BCUT2D eigenvalue weighted by Crippen LogP contribution is 2.27. The molecule has 1 heterocycles. The van der Waals surface area contributed by atoms with Gasteiger partial charge in [0.25, 0.3) is 0 Å². The molecule has 3 aromatic rings. The van der Waals surface area contributed by atoms with Crippen molar-refractivity contribution in [2.75, 3.05) is 23.9 Å². The van der Waals surface area contributed by atoms with Crippen LogP contribution in [0.3, 0.4) is 0 Å². The lowest BCUT2D eigenvalue weighted by Crippen LogP contribution is -2.14. The maximum atomic E-state index is 14.4. The second kappa shape index (κ2) is 8.36. The van der Waals surface area contributed by atoms with Gasteiger partial charge in [-0.1, -0.05) is 0 Å². The van der Waals surface area contributed by atoms with Crippen LogP contribution in [0.15, 0.2) is 36.4 Å². The second-order valence-corrected chi connectivity index (χ2v) is 6.78. The van der Waals surface area contributed by atoms with Crippen LogP contribution in [0.2, 0.25) is 0 Å². The number of methoxy groups -OCH3 is 1. The average molecular weight is 416 g/mol. The summed E-state index contributed by atoms with van der Waals surface area (Å²) in [5.41, 5.74) is 11.9. The van der Waals surface area contributed by atoms with Gasteiger partial charge in [0.2, 0.25) is 5.95 Å². The number of rotatable bonds is 6. The highest BCUT2D eigenvalue weighted by molar-refractivity contribution is 7.27. The number of hydrogen-bond donors (Lipinski definition) is 4. The van der Waals surface area contributed by atoms with Crippen molar-refractivity contribution in [3.63, 3.8) is 0 Å². The van der Waals surface area contributed by atoms with Crippen LogP contribution in [0, 0.1) is 17.0 Å². The molecule has 0 bridgehead atoms. The summed E-state index contributed by atoms with van der Waals surface area (Å²) in [5, 5.41) is 11.6. The van der Waals surface area contributed by atoms with Gasteiger partial charge in [0, 0.05) is 34.6 Å². The van der Waals surface area contributed by atoms with Gasteiger partial charge >= 0.3 is 0 Å². The van der Waals surface area contributed by atoms with Crippen molar-refractivity contribution in [3.05, 3.63) is 59.2 Å². The molecular weight excluding hydrogens is 397 g/mol. The van der Waals surface area contributed by atoms with Crippen LogP contribution in [0.5, 0.6) is 5.75 Å². The number of nitrogen functional groups attached to an aromatic ring is 2. The molecule has 0 aliphatic carbocycles. The molecule has 3 rings (SSSR count). The molecule has 0 aliphatic rings. The van der Waals surface area contributed by atoms with Crippen molar-refractivity contribution in [1.29, 1.82) is 5.41 Å². The molecule has 1 atom stereocenters. The van der Waals surface area contributed by atoms with Crippen LogP contribution < -0.4 is 26.8 Å². The Balaban J connectivity index is 1.99. The lowest BCUT2D eigenvalue weighted by Gasteiger charge is -2.15. The maximum Gasteiger partial charge on any atom is 0.231 e. The van der Waals surface area contributed by atoms with E-state index >= 15 is 0 Å². The van der Waals surface area contributed by atoms with Crippen molar-refractivity contribution in [2.24, 2.45) is 0 Å². The van der Waals surface area contributed by atoms with Gasteiger partial charge in [0.1, 0.15) is 29.0 Å². The summed E-state index contributed by atoms with van der Waals surface area (Å²) in [6.45, 7) is 0. The first-order valence-corrected chi connectivity index (χ1v) is 9.01. The molecule has 0 saturated carbocycles. The maximum absolute atomic E-state index is 14.4. The van der Waals surface area contributed by atoms with Crippen LogP contribution in [0.25, 0.3) is 0 Å². The summed E-state index contributed by atoms with van der Waals surface area (Å²) in [5.74, 6) is -0.472. The summed E-state index contributed by atoms with van der Waals surface area (Å²) in [6.07, 6.45) is -0.262. The van der Waals surface area contributed by atoms with E-state index < -0.39 is 11.6 Å². The standard InChI is InChI=1S/C19H19F2N6OP/c1-28-9-2-4-14(25-19-26-16(23)8-17(24)27-19)11(6-9)13(22)7-10-12(20)3-5-15(29)18(10)21/h2-6,8,22H,7,29H2,1H3,(H5,23,24,25,26,27). The summed E-state index contributed by atoms with van der Waals surface area (Å²) in [6, 6.07) is 8.79. The Hall–Kier alpha value is -3.32. The van der Waals surface area contributed by atoms with E-state index in [-0.39, 0.29) is 40.6 Å². The Morgan fingerprint density at radius 1 is 1.14 bits per heavy atom. The molecule has 0 amide bonds. The fraction of sp³-hybridized carbons (Fsp3) is 0.105. The monoisotopic (exact) mass is 416 g/mol. The molecule has 1 unspecified atom stereocenters. The zero-order valence-corrected chi connectivity index (χ0v) is 16.6. The summed E-state index contributed by atoms with van der Waals surface area (Å²) < 4.78 is 33.7. The van der Waals surface area contributed by atoms with Crippen molar-refractivity contribution in [1.82, 2.24) is 9.97 Å². The van der Waals surface area contributed by atoms with E-state index in [1.165, 1.54) is 25.3 Å². The fourth-order valence-corrected chi connectivity index (χ4v) is 2.99. The van der Waals surface area contributed by atoms with E-state index in [0.717, 1.165) is 0 Å². The zero-order chi connectivity index (χ0) is 21.1. The summed E-state index contributed by atoms with van der Waals surface area (Å²) >= 11 is 0. The number of ether oxygens (including phenoxy) is 1. The summed E-state index contributed by atoms with van der Waals surface area (Å²) in [7, 11) is 3.69. The van der Waals surface area contributed by atoms with Gasteiger partial charge in [0.05, 0.1) is 12.8 Å². The number of nitrogens with two attached hydrogens (primary N) is 2. The third-order valence-corrected chi connectivity index (χ3v) is 4.58. The number of anilines is 4. The first kappa shape index (κ1) is 20.4. The molecule has 2 aromatic carbocycles. The molecule has 7 nitrogen and oxygen atoms in total. The molecule has 0 radical (unpaired) electrons. The van der Waals surface area contributed by atoms with E-state index in [4.69, 9.17) is 21.6 Å².